The summed E-state index contributed by atoms with van der Waals surface area (Å²) in [6.07, 6.45) is 13.4. The fraction of sp³-hybridized carbons (Fsp3) is 0.609. The van der Waals surface area contributed by atoms with Crippen LogP contribution in [-0.2, 0) is 41.7 Å². The van der Waals surface area contributed by atoms with Crippen molar-refractivity contribution in [1.82, 2.24) is 39.1 Å². The summed E-state index contributed by atoms with van der Waals surface area (Å²) in [5.74, 6) is -8.27. The van der Waals surface area contributed by atoms with Crippen molar-refractivity contribution >= 4 is 34.4 Å². The Bertz CT molecular complexity index is 3480. The lowest BCUT2D eigenvalue weighted by Crippen LogP contribution is -2.44. The van der Waals surface area contributed by atoms with Gasteiger partial charge >= 0.3 is 0 Å². The topological polar surface area (TPSA) is 209 Å². The van der Waals surface area contributed by atoms with Crippen LogP contribution in [0.25, 0.3) is 11.0 Å². The third-order valence-corrected chi connectivity index (χ3v) is 19.9. The first-order valence-electron chi connectivity index (χ1n) is 33.2. The van der Waals surface area contributed by atoms with E-state index in [0.29, 0.717) is 86.7 Å². The standard InChI is InChI=1S/C35H52F2N6O.C32H36F3N7O2.C2H6/c1-25(2)42-20-12-27(13-21-42)30-23-31-32(38)40-24-26-10-9-11-29(22-26)35(36,37)28-14-18-41(19-15-28)16-7-5-3-4-6-8-17-43(33(31)39)34(30)44;1-19-5-4-12-37-26(43)16-42-29-23(15-25(30(42)44)31(17-36)10-11-31)28(38-18-39-29)40-20(2)22-6-3-7-24(27(22)33)32(34,35)21-8-13-41(19)14-9-21;1-2/h9-11,22-23,25,27-28H,3-8,12-21,24,39H2,1-2H3,(H2,38,40);3,6-7,15,18-21H,4-5,8-14,16H2,1-2H3,(H,37,43)(H,38,39,40);1-2H3/t;19?,20-;/m.1./s1. The van der Waals surface area contributed by atoms with Gasteiger partial charge in [-0.15, -0.1) is 0 Å². The SMILES string of the molecule is CC.CC(C)N1CCC(c2cc3c(N)n(c2=O)CCCCCCCCN2CCC(CC2)C(F)(F)c2cccc(c2)CN=C3N)CC1.CC1CCCNC(=O)Cn2c(=O)c(C3(C#N)CC3)cc3c(ncnc32)N[C@H](C)c2cccc(c2F)C(F)(F)C2CCN1CC2. The van der Waals surface area contributed by atoms with Crippen LogP contribution in [-0.4, -0.2) is 110 Å². The summed E-state index contributed by atoms with van der Waals surface area (Å²) in [7, 11) is 0. The van der Waals surface area contributed by atoms with Crippen LogP contribution < -0.4 is 33.2 Å². The Morgan fingerprint density at radius 1 is 0.700 bits per heavy atom. The number of rotatable bonds is 3. The lowest BCUT2D eigenvalue weighted by molar-refractivity contribution is -0.121. The molecule has 90 heavy (non-hydrogen) atoms. The fourth-order valence-electron chi connectivity index (χ4n) is 14.1. The minimum Gasteiger partial charge on any atom is -0.384 e. The highest BCUT2D eigenvalue weighted by molar-refractivity contribution is 6.01. The Kier molecular flexibility index (Phi) is 22.3. The number of piperidine rings is 3. The van der Waals surface area contributed by atoms with Crippen LogP contribution in [0.1, 0.15) is 195 Å². The van der Waals surface area contributed by atoms with Gasteiger partial charge in [-0.05, 0) is 180 Å². The number of nitrogen functional groups attached to an aromatic ring is 1. The second kappa shape index (κ2) is 29.7. The summed E-state index contributed by atoms with van der Waals surface area (Å²) in [6.45, 7) is 18.2. The Morgan fingerprint density at radius 3 is 2.03 bits per heavy atom. The van der Waals surface area contributed by atoms with Crippen LogP contribution in [0.15, 0.2) is 75.5 Å². The number of alkyl halides is 4. The van der Waals surface area contributed by atoms with E-state index in [0.717, 1.165) is 96.1 Å². The zero-order valence-electron chi connectivity index (χ0n) is 53.6. The van der Waals surface area contributed by atoms with E-state index in [1.165, 1.54) is 35.2 Å². The van der Waals surface area contributed by atoms with Crippen molar-refractivity contribution in [1.29, 1.82) is 5.26 Å². The molecule has 21 heteroatoms. The van der Waals surface area contributed by atoms with Crippen LogP contribution >= 0.6 is 0 Å². The molecule has 1 amide bonds. The number of benzene rings is 2. The van der Waals surface area contributed by atoms with E-state index in [1.54, 1.807) is 29.7 Å². The van der Waals surface area contributed by atoms with Gasteiger partial charge in [-0.25, -0.2) is 31.9 Å². The van der Waals surface area contributed by atoms with Gasteiger partial charge in [0.25, 0.3) is 23.0 Å². The smallest absolute Gasteiger partial charge is 0.278 e. The average molecular weight is 1250 g/mol. The normalized spacial score (nSPS) is 25.2. The number of fused-ring (bicyclic) bond motifs is 19. The number of likely N-dealkylation sites (tertiary alicyclic amines) is 1. The summed E-state index contributed by atoms with van der Waals surface area (Å²) in [4.78, 5) is 60.9. The number of amidine groups is 1. The molecule has 16 nitrogen and oxygen atoms in total. The third kappa shape index (κ3) is 15.1. The summed E-state index contributed by atoms with van der Waals surface area (Å²) >= 11 is 0. The number of nitriles is 1. The van der Waals surface area contributed by atoms with Crippen molar-refractivity contribution in [2.24, 2.45) is 22.6 Å². The number of anilines is 2. The minimum atomic E-state index is -3.35. The zero-order chi connectivity index (χ0) is 64.5. The van der Waals surface area contributed by atoms with Crippen LogP contribution in [0, 0.1) is 29.0 Å². The van der Waals surface area contributed by atoms with Gasteiger partial charge in [0.2, 0.25) is 5.91 Å². The van der Waals surface area contributed by atoms with Crippen LogP contribution in [0.5, 0.6) is 0 Å². The van der Waals surface area contributed by atoms with Gasteiger partial charge in [-0.1, -0.05) is 75.9 Å². The molecule has 488 valence electrons. The first-order chi connectivity index (χ1) is 43.2. The molecule has 13 rings (SSSR count). The average Bonchev–Trinajstić information content (AvgIpc) is 1.65. The predicted octanol–water partition coefficient (Wildman–Crippen LogP) is 11.9. The number of nitrogens with two attached hydrogens (primary N) is 2. The van der Waals surface area contributed by atoms with Gasteiger partial charge in [0.05, 0.1) is 40.6 Å². The Morgan fingerprint density at radius 2 is 1.36 bits per heavy atom. The Balaban J connectivity index is 0.000000208. The van der Waals surface area contributed by atoms with Crippen molar-refractivity contribution in [3.63, 3.8) is 0 Å². The van der Waals surface area contributed by atoms with Gasteiger partial charge in [0.1, 0.15) is 41.8 Å². The summed E-state index contributed by atoms with van der Waals surface area (Å²) in [5, 5.41) is 16.3. The second-order valence-electron chi connectivity index (χ2n) is 26.0. The van der Waals surface area contributed by atoms with Gasteiger partial charge < -0.3 is 36.8 Å². The van der Waals surface area contributed by atoms with Gasteiger partial charge in [0, 0.05) is 59.3 Å². The van der Waals surface area contributed by atoms with Gasteiger partial charge in [-0.3, -0.25) is 28.5 Å². The van der Waals surface area contributed by atoms with Crippen molar-refractivity contribution < 1.29 is 26.7 Å². The molecular weight excluding hydrogens is 1150 g/mol. The molecular formula is C69H94F5N13O3. The number of carbonyl (C=O) groups is 1. The molecule has 5 aromatic rings. The molecule has 14 bridgehead atoms. The molecule has 0 radical (unpaired) electrons. The molecule has 0 spiro atoms. The molecule has 2 atom stereocenters. The fourth-order valence-corrected chi connectivity index (χ4v) is 14.1. The second-order valence-corrected chi connectivity index (χ2v) is 26.0. The maximum Gasteiger partial charge on any atom is 0.278 e. The highest BCUT2D eigenvalue weighted by Crippen LogP contribution is 2.48. The van der Waals surface area contributed by atoms with E-state index in [2.05, 4.69) is 60.2 Å². The molecule has 4 fully saturated rings. The van der Waals surface area contributed by atoms with E-state index in [-0.39, 0.29) is 83.3 Å². The predicted molar refractivity (Wildman–Crippen MR) is 345 cm³/mol. The lowest BCUT2D eigenvalue weighted by Gasteiger charge is -2.39. The van der Waals surface area contributed by atoms with Gasteiger partial charge in [0.15, 0.2) is 0 Å². The molecule has 1 unspecified atom stereocenters. The Hall–Kier alpha value is -6.76. The molecule has 7 aliphatic heterocycles. The molecule has 2 aromatic carbocycles. The quantitative estimate of drug-likeness (QED) is 0.124. The number of aromatic nitrogens is 4. The van der Waals surface area contributed by atoms with Crippen LogP contribution in [0.4, 0.5) is 33.6 Å². The van der Waals surface area contributed by atoms with E-state index in [1.807, 2.05) is 32.9 Å². The number of nitrogens with one attached hydrogen (secondary N) is 2. The van der Waals surface area contributed by atoms with Crippen molar-refractivity contribution in [2.75, 3.05) is 63.4 Å². The third-order valence-electron chi connectivity index (χ3n) is 19.9. The summed E-state index contributed by atoms with van der Waals surface area (Å²) in [6, 6.07) is 16.2. The number of hydrogen-bond donors (Lipinski definition) is 4. The maximum atomic E-state index is 15.9. The maximum absolute atomic E-state index is 15.9. The zero-order valence-corrected chi connectivity index (χ0v) is 53.6. The van der Waals surface area contributed by atoms with Crippen LogP contribution in [0.2, 0.25) is 0 Å². The molecule has 3 saturated heterocycles. The van der Waals surface area contributed by atoms with E-state index in [4.69, 9.17) is 11.5 Å². The first kappa shape index (κ1) is 67.6. The summed E-state index contributed by atoms with van der Waals surface area (Å²) in [5.41, 5.74) is 13.7. The van der Waals surface area contributed by atoms with E-state index >= 15 is 22.0 Å². The van der Waals surface area contributed by atoms with E-state index < -0.39 is 52.1 Å². The largest absolute Gasteiger partial charge is 0.384 e. The number of aliphatic imine (C=N–C) groups is 1. The number of hydrogen-bond acceptors (Lipinski definition) is 13. The monoisotopic (exact) mass is 1250 g/mol. The first-order valence-corrected chi connectivity index (χ1v) is 33.2. The number of amides is 1. The van der Waals surface area contributed by atoms with Crippen molar-refractivity contribution in [3.8, 4) is 6.07 Å². The van der Waals surface area contributed by atoms with E-state index in [9.17, 15) is 19.6 Å². The molecule has 1 saturated carbocycles. The highest BCUT2D eigenvalue weighted by Gasteiger charge is 2.49. The molecule has 1 aliphatic carbocycles. The minimum absolute atomic E-state index is 0.0180. The Labute approximate surface area is 527 Å². The number of nitrogens with zero attached hydrogens (tertiary/aromatic N) is 9. The summed E-state index contributed by atoms with van der Waals surface area (Å²) < 4.78 is 82.1. The number of pyridine rings is 2. The van der Waals surface area contributed by atoms with Gasteiger partial charge in [-0.2, -0.15) is 5.26 Å². The molecule has 8 aliphatic rings. The van der Waals surface area contributed by atoms with Crippen LogP contribution in [0.3, 0.4) is 0 Å². The molecule has 3 aromatic heterocycles. The van der Waals surface area contributed by atoms with Crippen molar-refractivity contribution in [3.05, 3.63) is 126 Å². The number of halogens is 5. The number of carbonyl (C=O) groups excluding carboxylic acids is 1. The highest BCUT2D eigenvalue weighted by atomic mass is 19.3. The molecule has 6 N–H and O–H groups in total. The lowest BCUT2D eigenvalue weighted by atomic mass is 9.84. The van der Waals surface area contributed by atoms with Crippen molar-refractivity contribution in [2.45, 2.75) is 205 Å². The molecule has 10 heterocycles.